The molecule has 0 amide bonds. The van der Waals surface area contributed by atoms with Crippen molar-refractivity contribution in [3.63, 3.8) is 0 Å². The van der Waals surface area contributed by atoms with Crippen molar-refractivity contribution in [1.29, 1.82) is 0 Å². The van der Waals surface area contributed by atoms with Gasteiger partial charge >= 0.3 is 0 Å². The minimum Gasteiger partial charge on any atom is -0.489 e. The highest BCUT2D eigenvalue weighted by molar-refractivity contribution is 5.96. The van der Waals surface area contributed by atoms with Crippen LogP contribution in [-0.4, -0.2) is 26.4 Å². The molecule has 0 heterocycles. The van der Waals surface area contributed by atoms with Crippen molar-refractivity contribution in [3.8, 4) is 45.3 Å². The lowest BCUT2D eigenvalue weighted by atomic mass is 9.70. The Labute approximate surface area is 301 Å². The summed E-state index contributed by atoms with van der Waals surface area (Å²) >= 11 is 0. The van der Waals surface area contributed by atoms with Crippen LogP contribution in [0.15, 0.2) is 60.7 Å². The molecular weight excluding hydrogens is 617 g/mol. The van der Waals surface area contributed by atoms with Gasteiger partial charge < -0.3 is 18.9 Å². The van der Waals surface area contributed by atoms with Gasteiger partial charge in [-0.1, -0.05) is 122 Å². The van der Waals surface area contributed by atoms with Gasteiger partial charge in [0.15, 0.2) is 23.0 Å². The molecule has 50 heavy (non-hydrogen) atoms. The topological polar surface area (TPSA) is 36.9 Å². The van der Waals surface area contributed by atoms with Gasteiger partial charge in [0.2, 0.25) is 0 Å². The van der Waals surface area contributed by atoms with Crippen molar-refractivity contribution in [2.75, 3.05) is 26.4 Å². The molecule has 0 radical (unpaired) electrons. The standard InChI is InChI=1S/C46H58O4/c1-11-29(6)25-48-42-20-36-37-21-43(49-26-30(7)12-2)45(50-27-31(8)13-3)23-41(37)46(40(36)22-44(42)47-24-28(4)5)38-18-32(9)14-16-34(38)35-17-15-33(10)19-39(35)46/h14-23,28-31H,11-13,24-27H2,1-10H3. The monoisotopic (exact) mass is 674 g/mol. The highest BCUT2D eigenvalue weighted by atomic mass is 16.5. The van der Waals surface area contributed by atoms with Crippen molar-refractivity contribution in [2.24, 2.45) is 23.7 Å². The molecular formula is C46H58O4. The van der Waals surface area contributed by atoms with Crippen LogP contribution < -0.4 is 18.9 Å². The SMILES string of the molecule is CCC(C)COc1cc2c(cc1OCC(C)C)C1(c3cc(C)ccc3-c3ccc(C)cc31)c1cc(OCC(C)CC)c(OCC(C)CC)cc1-2. The molecule has 0 aromatic heterocycles. The summed E-state index contributed by atoms with van der Waals surface area (Å²) in [6.07, 6.45) is 3.17. The Kier molecular flexibility index (Phi) is 10.6. The van der Waals surface area contributed by atoms with Gasteiger partial charge in [-0.15, -0.1) is 0 Å². The fraction of sp³-hybridized carbons (Fsp3) is 0.478. The van der Waals surface area contributed by atoms with Gasteiger partial charge in [0, 0.05) is 0 Å². The van der Waals surface area contributed by atoms with Gasteiger partial charge in [0.05, 0.1) is 31.8 Å². The van der Waals surface area contributed by atoms with Crippen LogP contribution in [-0.2, 0) is 5.41 Å². The van der Waals surface area contributed by atoms with Gasteiger partial charge in [-0.25, -0.2) is 0 Å². The molecule has 0 saturated carbocycles. The van der Waals surface area contributed by atoms with E-state index < -0.39 is 5.41 Å². The normalized spacial score (nSPS) is 15.3. The summed E-state index contributed by atoms with van der Waals surface area (Å²) in [6.45, 7) is 24.7. The Morgan fingerprint density at radius 3 is 1.14 bits per heavy atom. The minimum atomic E-state index is -0.553. The summed E-state index contributed by atoms with van der Waals surface area (Å²) in [5, 5.41) is 0. The van der Waals surface area contributed by atoms with E-state index in [9.17, 15) is 0 Å². The summed E-state index contributed by atoms with van der Waals surface area (Å²) in [4.78, 5) is 0. The van der Waals surface area contributed by atoms with Gasteiger partial charge in [0.1, 0.15) is 0 Å². The van der Waals surface area contributed by atoms with Crippen molar-refractivity contribution in [1.82, 2.24) is 0 Å². The van der Waals surface area contributed by atoms with Crippen LogP contribution in [0, 0.1) is 37.5 Å². The Bertz CT molecular complexity index is 1780. The third kappa shape index (κ3) is 6.51. The lowest BCUT2D eigenvalue weighted by molar-refractivity contribution is 0.217. The van der Waals surface area contributed by atoms with Crippen molar-refractivity contribution >= 4 is 0 Å². The number of fused-ring (bicyclic) bond motifs is 10. The van der Waals surface area contributed by atoms with E-state index in [1.165, 1.54) is 55.6 Å². The maximum absolute atomic E-state index is 6.72. The van der Waals surface area contributed by atoms with E-state index in [1.807, 2.05) is 0 Å². The molecule has 4 aromatic rings. The lowest BCUT2D eigenvalue weighted by Gasteiger charge is -2.32. The van der Waals surface area contributed by atoms with Crippen LogP contribution in [0.1, 0.15) is 108 Å². The number of rotatable bonds is 15. The van der Waals surface area contributed by atoms with Gasteiger partial charge in [-0.2, -0.15) is 0 Å². The second-order valence-electron chi connectivity index (χ2n) is 15.7. The summed E-state index contributed by atoms with van der Waals surface area (Å²) < 4.78 is 26.7. The molecule has 6 rings (SSSR count). The van der Waals surface area contributed by atoms with E-state index in [1.54, 1.807) is 0 Å². The fourth-order valence-corrected chi connectivity index (χ4v) is 7.22. The predicted molar refractivity (Wildman–Crippen MR) is 207 cm³/mol. The summed E-state index contributed by atoms with van der Waals surface area (Å²) in [6, 6.07) is 23.0. The third-order valence-electron chi connectivity index (χ3n) is 10.9. The van der Waals surface area contributed by atoms with E-state index in [-0.39, 0.29) is 0 Å². The second kappa shape index (κ2) is 14.7. The smallest absolute Gasteiger partial charge is 0.161 e. The van der Waals surface area contributed by atoms with E-state index >= 15 is 0 Å². The molecule has 0 saturated heterocycles. The first-order chi connectivity index (χ1) is 24.0. The Morgan fingerprint density at radius 2 is 0.780 bits per heavy atom. The first-order valence-corrected chi connectivity index (χ1v) is 19.1. The molecule has 0 N–H and O–H groups in total. The molecule has 0 fully saturated rings. The van der Waals surface area contributed by atoms with Crippen molar-refractivity contribution in [2.45, 2.75) is 93.9 Å². The Hall–Kier alpha value is -3.92. The fourth-order valence-electron chi connectivity index (χ4n) is 7.22. The number of hydrogen-bond donors (Lipinski definition) is 0. The molecule has 2 aliphatic rings. The first-order valence-electron chi connectivity index (χ1n) is 19.1. The molecule has 0 bridgehead atoms. The summed E-state index contributed by atoms with van der Waals surface area (Å²) in [5.74, 6) is 4.93. The van der Waals surface area contributed by atoms with E-state index in [2.05, 4.69) is 130 Å². The number of ether oxygens (including phenoxy) is 4. The van der Waals surface area contributed by atoms with Crippen molar-refractivity contribution < 1.29 is 18.9 Å². The number of hydrogen-bond acceptors (Lipinski definition) is 4. The molecule has 266 valence electrons. The van der Waals surface area contributed by atoms with Crippen LogP contribution in [0.25, 0.3) is 22.3 Å². The molecule has 1 spiro atoms. The largest absolute Gasteiger partial charge is 0.489 e. The highest BCUT2D eigenvalue weighted by Gasteiger charge is 2.53. The summed E-state index contributed by atoms with van der Waals surface area (Å²) in [7, 11) is 0. The molecule has 4 heteroatoms. The Balaban J connectivity index is 1.68. The van der Waals surface area contributed by atoms with E-state index in [0.29, 0.717) is 50.1 Å². The lowest BCUT2D eigenvalue weighted by Crippen LogP contribution is -2.26. The van der Waals surface area contributed by atoms with Crippen molar-refractivity contribution in [3.05, 3.63) is 94.0 Å². The molecule has 4 nitrogen and oxygen atoms in total. The van der Waals surface area contributed by atoms with Crippen LogP contribution in [0.3, 0.4) is 0 Å². The summed E-state index contributed by atoms with van der Waals surface area (Å²) in [5.41, 5.74) is 11.9. The average molecular weight is 675 g/mol. The predicted octanol–water partition coefficient (Wildman–Crippen LogP) is 12.0. The molecule has 0 aliphatic heterocycles. The third-order valence-corrected chi connectivity index (χ3v) is 10.9. The first kappa shape index (κ1) is 35.9. The zero-order valence-electron chi connectivity index (χ0n) is 32.2. The molecule has 2 aliphatic carbocycles. The quantitative estimate of drug-likeness (QED) is 0.109. The second-order valence-corrected chi connectivity index (χ2v) is 15.7. The zero-order valence-corrected chi connectivity index (χ0v) is 32.2. The van der Waals surface area contributed by atoms with Gasteiger partial charge in [-0.3, -0.25) is 0 Å². The maximum atomic E-state index is 6.72. The molecule has 4 aromatic carbocycles. The van der Waals surface area contributed by atoms with E-state index in [4.69, 9.17) is 18.9 Å². The number of benzene rings is 4. The minimum absolute atomic E-state index is 0.380. The van der Waals surface area contributed by atoms with Crippen LogP contribution in [0.4, 0.5) is 0 Å². The number of aryl methyl sites for hydroxylation is 2. The van der Waals surface area contributed by atoms with Crippen LogP contribution in [0.5, 0.6) is 23.0 Å². The van der Waals surface area contributed by atoms with Gasteiger partial charge in [0.25, 0.3) is 0 Å². The molecule has 3 atom stereocenters. The Morgan fingerprint density at radius 1 is 0.440 bits per heavy atom. The zero-order chi connectivity index (χ0) is 35.7. The van der Waals surface area contributed by atoms with Crippen LogP contribution in [0.2, 0.25) is 0 Å². The molecule has 3 unspecified atom stereocenters. The highest BCUT2D eigenvalue weighted by Crippen LogP contribution is 2.65. The van der Waals surface area contributed by atoms with Gasteiger partial charge in [-0.05, 0) is 106 Å². The van der Waals surface area contributed by atoms with Crippen LogP contribution >= 0.6 is 0 Å². The maximum Gasteiger partial charge on any atom is 0.161 e. The van der Waals surface area contributed by atoms with E-state index in [0.717, 1.165) is 42.3 Å². The average Bonchev–Trinajstić information content (AvgIpc) is 3.54.